The lowest BCUT2D eigenvalue weighted by molar-refractivity contribution is 0.0763. The Labute approximate surface area is 125 Å². The molecular formula is C16H24N2OS. The number of carbonyl (C=O) groups excluding carboxylic acids is 1. The maximum atomic E-state index is 12.7. The summed E-state index contributed by atoms with van der Waals surface area (Å²) in [6, 6.07) is 2.08. The molecule has 0 unspecified atom stereocenters. The fourth-order valence-electron chi connectivity index (χ4n) is 3.55. The van der Waals surface area contributed by atoms with Gasteiger partial charge >= 0.3 is 0 Å². The smallest absolute Gasteiger partial charge is 0.263 e. The van der Waals surface area contributed by atoms with Gasteiger partial charge in [-0.2, -0.15) is 0 Å². The number of hydrogen-bond acceptors (Lipinski definition) is 3. The van der Waals surface area contributed by atoms with E-state index < -0.39 is 0 Å². The minimum absolute atomic E-state index is 0.255. The molecule has 3 nitrogen and oxygen atoms in total. The van der Waals surface area contributed by atoms with Crippen molar-refractivity contribution in [2.45, 2.75) is 33.1 Å². The molecule has 1 aromatic rings. The largest absolute Gasteiger partial charge is 0.338 e. The van der Waals surface area contributed by atoms with Gasteiger partial charge < -0.3 is 10.2 Å². The first-order valence-electron chi connectivity index (χ1n) is 7.78. The van der Waals surface area contributed by atoms with Crippen LogP contribution in [0.4, 0.5) is 0 Å². The summed E-state index contributed by atoms with van der Waals surface area (Å²) in [5.41, 5.74) is 1.27. The Bertz CT molecular complexity index is 483. The Morgan fingerprint density at radius 3 is 2.55 bits per heavy atom. The minimum Gasteiger partial charge on any atom is -0.338 e. The van der Waals surface area contributed by atoms with Crippen LogP contribution in [0, 0.1) is 18.8 Å². The van der Waals surface area contributed by atoms with Crippen LogP contribution in [0.5, 0.6) is 0 Å². The van der Waals surface area contributed by atoms with Gasteiger partial charge in [-0.25, -0.2) is 0 Å². The molecule has 0 spiro atoms. The van der Waals surface area contributed by atoms with E-state index in [1.807, 2.05) is 0 Å². The normalized spacial score (nSPS) is 26.4. The second kappa shape index (κ2) is 5.86. The van der Waals surface area contributed by atoms with Crippen molar-refractivity contribution in [3.63, 3.8) is 0 Å². The molecule has 20 heavy (non-hydrogen) atoms. The summed E-state index contributed by atoms with van der Waals surface area (Å²) in [5, 5.41) is 3.48. The highest BCUT2D eigenvalue weighted by Gasteiger charge is 2.32. The molecule has 2 aliphatic heterocycles. The van der Waals surface area contributed by atoms with Crippen LogP contribution in [0.25, 0.3) is 0 Å². The Kier molecular flexibility index (Phi) is 4.13. The third-order valence-electron chi connectivity index (χ3n) is 4.86. The molecule has 2 atom stereocenters. The van der Waals surface area contributed by atoms with Crippen LogP contribution in [-0.4, -0.2) is 37.0 Å². The number of fused-ring (bicyclic) bond motifs is 1. The second-order valence-corrected chi connectivity index (χ2v) is 7.26. The van der Waals surface area contributed by atoms with Gasteiger partial charge in [0.15, 0.2) is 0 Å². The Hall–Kier alpha value is -0.870. The van der Waals surface area contributed by atoms with Gasteiger partial charge in [-0.1, -0.05) is 6.92 Å². The predicted molar refractivity (Wildman–Crippen MR) is 83.4 cm³/mol. The number of hydrogen-bond donors (Lipinski definition) is 1. The van der Waals surface area contributed by atoms with E-state index in [9.17, 15) is 4.79 Å². The standard InChI is InChI=1S/C16H24N2OS/c1-3-14-11(2)8-15(20-14)16(19)18-6-4-12-9-17-10-13(12)5-7-18/h8,12-13,17H,3-7,9-10H2,1-2H3/t12-,13+. The lowest BCUT2D eigenvalue weighted by atomic mass is 9.92. The van der Waals surface area contributed by atoms with Gasteiger partial charge in [-0.3, -0.25) is 4.79 Å². The molecule has 0 radical (unpaired) electrons. The molecule has 3 rings (SSSR count). The number of likely N-dealkylation sites (tertiary alicyclic amines) is 1. The molecule has 110 valence electrons. The van der Waals surface area contributed by atoms with Crippen molar-refractivity contribution in [3.8, 4) is 0 Å². The van der Waals surface area contributed by atoms with Crippen molar-refractivity contribution in [2.24, 2.45) is 11.8 Å². The van der Waals surface area contributed by atoms with Crippen LogP contribution in [0.1, 0.15) is 39.9 Å². The Morgan fingerprint density at radius 1 is 1.35 bits per heavy atom. The fourth-order valence-corrected chi connectivity index (χ4v) is 4.64. The monoisotopic (exact) mass is 292 g/mol. The van der Waals surface area contributed by atoms with Crippen LogP contribution >= 0.6 is 11.3 Å². The van der Waals surface area contributed by atoms with Crippen LogP contribution in [0.2, 0.25) is 0 Å². The van der Waals surface area contributed by atoms with E-state index in [2.05, 4.69) is 30.1 Å². The second-order valence-electron chi connectivity index (χ2n) is 6.12. The number of amides is 1. The van der Waals surface area contributed by atoms with E-state index in [0.29, 0.717) is 0 Å². The summed E-state index contributed by atoms with van der Waals surface area (Å²) in [4.78, 5) is 17.0. The van der Waals surface area contributed by atoms with Crippen LogP contribution in [0.15, 0.2) is 6.07 Å². The van der Waals surface area contributed by atoms with E-state index in [1.54, 1.807) is 11.3 Å². The van der Waals surface area contributed by atoms with Gasteiger partial charge in [0, 0.05) is 18.0 Å². The Balaban J connectivity index is 1.70. The van der Waals surface area contributed by atoms with Gasteiger partial charge in [-0.15, -0.1) is 11.3 Å². The average molecular weight is 292 g/mol. The summed E-state index contributed by atoms with van der Waals surface area (Å²) >= 11 is 1.69. The van der Waals surface area contributed by atoms with Crippen LogP contribution in [-0.2, 0) is 6.42 Å². The topological polar surface area (TPSA) is 32.3 Å². The zero-order valence-corrected chi connectivity index (χ0v) is 13.3. The number of carbonyl (C=O) groups is 1. The fraction of sp³-hybridized carbons (Fsp3) is 0.688. The van der Waals surface area contributed by atoms with Gasteiger partial charge in [0.05, 0.1) is 4.88 Å². The van der Waals surface area contributed by atoms with Crippen molar-refractivity contribution < 1.29 is 4.79 Å². The van der Waals surface area contributed by atoms with Crippen molar-refractivity contribution in [1.29, 1.82) is 0 Å². The quantitative estimate of drug-likeness (QED) is 0.909. The summed E-state index contributed by atoms with van der Waals surface area (Å²) in [6.45, 7) is 8.42. The van der Waals surface area contributed by atoms with Crippen LogP contribution < -0.4 is 5.32 Å². The van der Waals surface area contributed by atoms with Crippen LogP contribution in [0.3, 0.4) is 0 Å². The predicted octanol–water partition coefficient (Wildman–Crippen LogP) is 2.69. The highest BCUT2D eigenvalue weighted by Crippen LogP contribution is 2.29. The van der Waals surface area contributed by atoms with E-state index in [4.69, 9.17) is 0 Å². The molecular weight excluding hydrogens is 268 g/mol. The van der Waals surface area contributed by atoms with Crippen molar-refractivity contribution in [2.75, 3.05) is 26.2 Å². The lowest BCUT2D eigenvalue weighted by Crippen LogP contribution is -2.32. The first kappa shape index (κ1) is 14.1. The number of nitrogens with one attached hydrogen (secondary N) is 1. The van der Waals surface area contributed by atoms with E-state index in [1.165, 1.54) is 10.4 Å². The molecule has 0 bridgehead atoms. The Morgan fingerprint density at radius 2 is 2.00 bits per heavy atom. The minimum atomic E-state index is 0.255. The first-order valence-corrected chi connectivity index (χ1v) is 8.60. The van der Waals surface area contributed by atoms with E-state index >= 15 is 0 Å². The molecule has 3 heterocycles. The summed E-state index contributed by atoms with van der Waals surface area (Å²) in [7, 11) is 0. The molecule has 4 heteroatoms. The third kappa shape index (κ3) is 2.63. The molecule has 0 aromatic carbocycles. The third-order valence-corrected chi connectivity index (χ3v) is 6.23. The average Bonchev–Trinajstić information content (AvgIpc) is 3.00. The van der Waals surface area contributed by atoms with E-state index in [-0.39, 0.29) is 5.91 Å². The number of thiophene rings is 1. The molecule has 2 fully saturated rings. The number of rotatable bonds is 2. The molecule has 2 aliphatic rings. The SMILES string of the molecule is CCc1sc(C(=O)N2CC[C@@H]3CNC[C@@H]3CC2)cc1C. The molecule has 0 aliphatic carbocycles. The maximum absolute atomic E-state index is 12.7. The van der Waals surface area contributed by atoms with Gasteiger partial charge in [0.2, 0.25) is 0 Å². The maximum Gasteiger partial charge on any atom is 0.263 e. The molecule has 1 N–H and O–H groups in total. The summed E-state index contributed by atoms with van der Waals surface area (Å²) < 4.78 is 0. The molecule has 1 amide bonds. The van der Waals surface area contributed by atoms with E-state index in [0.717, 1.165) is 62.2 Å². The summed E-state index contributed by atoms with van der Waals surface area (Å²) in [6.07, 6.45) is 3.35. The van der Waals surface area contributed by atoms with Crippen molar-refractivity contribution in [3.05, 3.63) is 21.4 Å². The number of nitrogens with zero attached hydrogens (tertiary/aromatic N) is 1. The van der Waals surface area contributed by atoms with Gasteiger partial charge in [0.25, 0.3) is 5.91 Å². The first-order chi connectivity index (χ1) is 9.69. The molecule has 2 saturated heterocycles. The van der Waals surface area contributed by atoms with Crippen molar-refractivity contribution in [1.82, 2.24) is 10.2 Å². The highest BCUT2D eigenvalue weighted by atomic mass is 32.1. The molecule has 0 saturated carbocycles. The lowest BCUT2D eigenvalue weighted by Gasteiger charge is -2.20. The van der Waals surface area contributed by atoms with Gasteiger partial charge in [0.1, 0.15) is 0 Å². The summed E-state index contributed by atoms with van der Waals surface area (Å²) in [5.74, 6) is 1.82. The highest BCUT2D eigenvalue weighted by molar-refractivity contribution is 7.14. The van der Waals surface area contributed by atoms with Crippen molar-refractivity contribution >= 4 is 17.2 Å². The van der Waals surface area contributed by atoms with Gasteiger partial charge in [-0.05, 0) is 62.7 Å². The number of aryl methyl sites for hydroxylation is 2. The zero-order chi connectivity index (χ0) is 14.1. The zero-order valence-electron chi connectivity index (χ0n) is 12.4. The molecule has 1 aromatic heterocycles.